The Morgan fingerprint density at radius 1 is 0.810 bits per heavy atom. The first-order chi connectivity index (χ1) is 28.3. The Kier molecular flexibility index (Phi) is 21.3. The number of benzene rings is 2. The summed E-state index contributed by atoms with van der Waals surface area (Å²) in [6, 6.07) is 14.4. The van der Waals surface area contributed by atoms with E-state index >= 15 is 0 Å². The van der Waals surface area contributed by atoms with Crippen LogP contribution in [0.15, 0.2) is 53.9 Å². The summed E-state index contributed by atoms with van der Waals surface area (Å²) in [5.41, 5.74) is 2.40. The predicted octanol–water partition coefficient (Wildman–Crippen LogP) is 7.42. The number of hydrogen-bond acceptors (Lipinski definition) is 10. The standard InChI is InChI=1S/C42H60N4O8S.C3H8.2H2/c1-4-32-11-8-16-36(27-32)53-25-23-51-21-19-50-20-22-52-24-26-54-37-17-9-14-34(28-37)40(47)38-30-55-46(38)29-35-15-10-18-45(35)42(49)39(33-12-6-5-7-13-33)44-41(48)31(2)43-3;1-3-2;;/h8-9,11,14,16-17,27-28,30-31,33,35,39,43H,4-7,10,12-13,15,18-26,29H2,1-3H3,(H,44,48);3H2,1-2H3;2*1H/t31-,35-,39-;;;/m0.../s1. The predicted molar refractivity (Wildman–Crippen MR) is 233 cm³/mol. The highest BCUT2D eigenvalue weighted by Gasteiger charge is 2.39. The Morgan fingerprint density at radius 3 is 2.00 bits per heavy atom. The number of nitrogens with one attached hydrogen (secondary N) is 2. The maximum absolute atomic E-state index is 14.1. The molecule has 1 aliphatic carbocycles. The third-order valence-corrected chi connectivity index (χ3v) is 11.4. The fourth-order valence-corrected chi connectivity index (χ4v) is 7.95. The summed E-state index contributed by atoms with van der Waals surface area (Å²) in [6.45, 7) is 13.0. The monoisotopic (exact) mass is 829 g/mol. The largest absolute Gasteiger partial charge is 0.491 e. The second-order valence-corrected chi connectivity index (χ2v) is 15.9. The molecule has 13 heteroatoms. The number of likely N-dealkylation sites (N-methyl/N-ethyl adjacent to an activating group) is 1. The molecule has 5 rings (SSSR count). The normalized spacial score (nSPS) is 16.6. The number of aromatic nitrogens is 1. The topological polar surface area (TPSA) is 130 Å². The van der Waals surface area contributed by atoms with Crippen molar-refractivity contribution < 1.29 is 40.9 Å². The van der Waals surface area contributed by atoms with Crippen molar-refractivity contribution in [2.75, 3.05) is 66.4 Å². The van der Waals surface area contributed by atoms with Gasteiger partial charge in [0.2, 0.25) is 17.6 Å². The van der Waals surface area contributed by atoms with Crippen LogP contribution in [0.4, 0.5) is 0 Å². The summed E-state index contributed by atoms with van der Waals surface area (Å²) >= 11 is 1.49. The average molecular weight is 829 g/mol. The minimum atomic E-state index is -0.525. The molecule has 2 aliphatic rings. The number of ether oxygens (including phenoxy) is 5. The van der Waals surface area contributed by atoms with Crippen LogP contribution in [0.2, 0.25) is 0 Å². The summed E-state index contributed by atoms with van der Waals surface area (Å²) < 4.78 is 30.4. The molecule has 2 fully saturated rings. The molecule has 58 heavy (non-hydrogen) atoms. The van der Waals surface area contributed by atoms with Crippen LogP contribution in [0.1, 0.15) is 104 Å². The van der Waals surface area contributed by atoms with E-state index < -0.39 is 6.04 Å². The van der Waals surface area contributed by atoms with Crippen LogP contribution in [0.3, 0.4) is 0 Å². The lowest BCUT2D eigenvalue weighted by Gasteiger charge is -2.36. The van der Waals surface area contributed by atoms with E-state index in [0.29, 0.717) is 83.0 Å². The van der Waals surface area contributed by atoms with Crippen molar-refractivity contribution in [3.05, 3.63) is 70.7 Å². The summed E-state index contributed by atoms with van der Waals surface area (Å²) in [7, 11) is 1.75. The molecule has 0 spiro atoms. The van der Waals surface area contributed by atoms with Gasteiger partial charge >= 0.3 is 0 Å². The Morgan fingerprint density at radius 2 is 1.41 bits per heavy atom. The highest BCUT2D eigenvalue weighted by atomic mass is 32.1. The first-order valence-corrected chi connectivity index (χ1v) is 22.3. The molecule has 2 N–H and O–H groups in total. The molecule has 0 bridgehead atoms. The molecule has 0 radical (unpaired) electrons. The molecule has 1 saturated carbocycles. The van der Waals surface area contributed by atoms with Gasteiger partial charge in [0.1, 0.15) is 36.4 Å². The first kappa shape index (κ1) is 46.9. The smallest absolute Gasteiger partial charge is 0.245 e. The van der Waals surface area contributed by atoms with Crippen molar-refractivity contribution >= 4 is 29.1 Å². The van der Waals surface area contributed by atoms with E-state index in [4.69, 9.17) is 23.7 Å². The van der Waals surface area contributed by atoms with Crippen molar-refractivity contribution in [3.63, 3.8) is 0 Å². The van der Waals surface area contributed by atoms with Crippen LogP contribution in [0.5, 0.6) is 11.5 Å². The van der Waals surface area contributed by atoms with Gasteiger partial charge in [-0.2, -0.15) is 0 Å². The van der Waals surface area contributed by atoms with Crippen molar-refractivity contribution in [3.8, 4) is 11.5 Å². The van der Waals surface area contributed by atoms with E-state index in [1.807, 2.05) is 45.4 Å². The molecule has 2 heterocycles. The van der Waals surface area contributed by atoms with Crippen LogP contribution < -0.4 is 20.1 Å². The number of carbonyl (C=O) groups excluding carboxylic acids is 3. The highest BCUT2D eigenvalue weighted by molar-refractivity contribution is 7.06. The minimum Gasteiger partial charge on any atom is -0.491 e. The molecular weight excluding hydrogens is 757 g/mol. The molecule has 3 aromatic rings. The lowest BCUT2D eigenvalue weighted by molar-refractivity contribution is -0.139. The zero-order valence-electron chi connectivity index (χ0n) is 35.5. The molecule has 0 unspecified atom stereocenters. The van der Waals surface area contributed by atoms with Gasteiger partial charge in [0.05, 0.1) is 58.3 Å². The zero-order chi connectivity index (χ0) is 41.5. The molecule has 326 valence electrons. The molecule has 3 atom stereocenters. The average Bonchev–Trinajstić information content (AvgIpc) is 3.71. The number of rotatable bonds is 24. The van der Waals surface area contributed by atoms with Gasteiger partial charge in [-0.15, -0.1) is 0 Å². The van der Waals surface area contributed by atoms with E-state index in [9.17, 15) is 14.4 Å². The van der Waals surface area contributed by atoms with Crippen LogP contribution in [-0.4, -0.2) is 111 Å². The Bertz CT molecular complexity index is 1650. The van der Waals surface area contributed by atoms with Gasteiger partial charge in [-0.3, -0.25) is 18.3 Å². The van der Waals surface area contributed by atoms with Gasteiger partial charge in [-0.05, 0) is 81.8 Å². The SMILES string of the molecule is CCC.CCc1cccc(OCCOCCOCCOCCOc2cccc(C(=O)c3csn3C[C@@H]3CCCN3C(=O)[C@@H](NC(=O)[C@H](C)NC)C3CCCCC3)c2)c1.[HH].[HH]. The molecule has 2 amide bonds. The van der Waals surface area contributed by atoms with Crippen molar-refractivity contribution in [2.45, 2.75) is 110 Å². The van der Waals surface area contributed by atoms with Crippen molar-refractivity contribution in [1.82, 2.24) is 19.5 Å². The third kappa shape index (κ3) is 15.1. The number of hydrogen-bond donors (Lipinski definition) is 2. The van der Waals surface area contributed by atoms with E-state index in [1.165, 1.54) is 29.9 Å². The van der Waals surface area contributed by atoms with Gasteiger partial charge in [0, 0.05) is 20.3 Å². The third-order valence-electron chi connectivity index (χ3n) is 10.5. The lowest BCUT2D eigenvalue weighted by atomic mass is 9.83. The summed E-state index contributed by atoms with van der Waals surface area (Å²) in [4.78, 5) is 42.5. The number of amides is 2. The highest BCUT2D eigenvalue weighted by Crippen LogP contribution is 2.31. The van der Waals surface area contributed by atoms with E-state index in [-0.39, 0.29) is 38.5 Å². The number of nitrogens with zero attached hydrogens (tertiary/aromatic N) is 2. The van der Waals surface area contributed by atoms with Crippen molar-refractivity contribution in [2.24, 2.45) is 5.92 Å². The van der Waals surface area contributed by atoms with Gasteiger partial charge in [-0.1, -0.05) is 82.3 Å². The second kappa shape index (κ2) is 26.4. The number of aryl methyl sites for hydroxylation is 1. The van der Waals surface area contributed by atoms with E-state index in [2.05, 4.69) is 43.5 Å². The summed E-state index contributed by atoms with van der Waals surface area (Å²) in [6.07, 6.45) is 9.21. The quantitative estimate of drug-likeness (QED) is 0.0700. The van der Waals surface area contributed by atoms with Gasteiger partial charge < -0.3 is 39.2 Å². The second-order valence-electron chi connectivity index (χ2n) is 15.0. The van der Waals surface area contributed by atoms with E-state index in [1.54, 1.807) is 19.2 Å². The number of ketones is 1. The lowest BCUT2D eigenvalue weighted by Crippen LogP contribution is -2.56. The number of likely N-dealkylation sites (tertiary alicyclic amines) is 1. The van der Waals surface area contributed by atoms with E-state index in [0.717, 1.165) is 50.7 Å². The van der Waals surface area contributed by atoms with Crippen LogP contribution in [0.25, 0.3) is 0 Å². The van der Waals surface area contributed by atoms with Gasteiger partial charge in [0.15, 0.2) is 0 Å². The molecule has 1 saturated heterocycles. The van der Waals surface area contributed by atoms with Crippen LogP contribution >= 0.6 is 11.5 Å². The van der Waals surface area contributed by atoms with Crippen LogP contribution in [-0.2, 0) is 36.8 Å². The Balaban J connectivity index is 0.00000241. The number of carbonyl (C=O) groups is 3. The minimum absolute atomic E-state index is 0. The summed E-state index contributed by atoms with van der Waals surface area (Å²) in [5.74, 6) is 1.37. The maximum Gasteiger partial charge on any atom is 0.245 e. The molecule has 12 nitrogen and oxygen atoms in total. The van der Waals surface area contributed by atoms with Crippen molar-refractivity contribution in [1.29, 1.82) is 0 Å². The fraction of sp³-hybridized carbons (Fsp3) is 0.622. The Hall–Kier alpha value is -3.75. The van der Waals surface area contributed by atoms with Gasteiger partial charge in [-0.25, -0.2) is 0 Å². The Labute approximate surface area is 353 Å². The van der Waals surface area contributed by atoms with Gasteiger partial charge in [0.25, 0.3) is 0 Å². The van der Waals surface area contributed by atoms with Crippen LogP contribution in [0, 0.1) is 5.92 Å². The molecular formula is C45H72N4O8S. The molecule has 1 aliphatic heterocycles. The fourth-order valence-electron chi connectivity index (χ4n) is 7.14. The first-order valence-electron chi connectivity index (χ1n) is 21.4. The molecule has 1 aromatic heterocycles. The zero-order valence-corrected chi connectivity index (χ0v) is 36.3. The molecule has 2 aromatic carbocycles. The summed E-state index contributed by atoms with van der Waals surface area (Å²) in [5, 5.41) is 7.96. The maximum atomic E-state index is 14.1.